The molecule has 1 saturated carbocycles. The van der Waals surface area contributed by atoms with Crippen molar-refractivity contribution >= 4 is 17.5 Å². The maximum absolute atomic E-state index is 12.0. The van der Waals surface area contributed by atoms with E-state index in [-0.39, 0.29) is 5.78 Å². The third-order valence-corrected chi connectivity index (χ3v) is 3.87. The van der Waals surface area contributed by atoms with E-state index in [0.717, 1.165) is 10.7 Å². The summed E-state index contributed by atoms with van der Waals surface area (Å²) in [6.45, 7) is 0. The van der Waals surface area contributed by atoms with Gasteiger partial charge in [0.05, 0.1) is 5.75 Å². The molecular weight excluding hydrogens is 246 g/mol. The van der Waals surface area contributed by atoms with Crippen LogP contribution >= 0.6 is 11.8 Å². The van der Waals surface area contributed by atoms with Gasteiger partial charge in [-0.1, -0.05) is 42.1 Å². The zero-order valence-electron chi connectivity index (χ0n) is 9.82. The largest absolute Gasteiger partial charge is 0.306 e. The van der Waals surface area contributed by atoms with Gasteiger partial charge in [0.25, 0.3) is 0 Å². The first-order valence-electron chi connectivity index (χ1n) is 5.95. The normalized spacial score (nSPS) is 14.7. The van der Waals surface area contributed by atoms with Gasteiger partial charge in [-0.05, 0) is 12.8 Å². The van der Waals surface area contributed by atoms with E-state index in [1.54, 1.807) is 6.33 Å². The summed E-state index contributed by atoms with van der Waals surface area (Å²) in [5, 5.41) is 8.83. The van der Waals surface area contributed by atoms with E-state index in [4.69, 9.17) is 0 Å². The number of nitrogens with zero attached hydrogens (tertiary/aromatic N) is 3. The molecule has 0 atom stereocenters. The predicted octanol–water partition coefficient (Wildman–Crippen LogP) is 2.59. The van der Waals surface area contributed by atoms with Gasteiger partial charge in [0.2, 0.25) is 0 Å². The van der Waals surface area contributed by atoms with Crippen molar-refractivity contribution in [2.45, 2.75) is 24.0 Å². The van der Waals surface area contributed by atoms with Crippen molar-refractivity contribution in [3.8, 4) is 0 Å². The Bertz CT molecular complexity index is 548. The fraction of sp³-hybridized carbons (Fsp3) is 0.308. The molecule has 0 amide bonds. The van der Waals surface area contributed by atoms with Crippen molar-refractivity contribution in [2.75, 3.05) is 5.75 Å². The summed E-state index contributed by atoms with van der Waals surface area (Å²) in [6, 6.07) is 9.90. The highest BCUT2D eigenvalue weighted by Gasteiger charge is 2.26. The van der Waals surface area contributed by atoms with Gasteiger partial charge in [0.1, 0.15) is 6.33 Å². The molecule has 0 aliphatic heterocycles. The molecule has 1 aliphatic carbocycles. The lowest BCUT2D eigenvalue weighted by molar-refractivity contribution is 0.102. The molecular formula is C13H13N3OS. The first-order valence-corrected chi connectivity index (χ1v) is 6.94. The second kappa shape index (κ2) is 4.94. The average Bonchev–Trinajstić information content (AvgIpc) is 3.16. The van der Waals surface area contributed by atoms with Crippen LogP contribution in [0.1, 0.15) is 29.2 Å². The molecule has 1 aromatic carbocycles. The lowest BCUT2D eigenvalue weighted by Crippen LogP contribution is -2.03. The topological polar surface area (TPSA) is 47.8 Å². The van der Waals surface area contributed by atoms with Crippen molar-refractivity contribution in [3.63, 3.8) is 0 Å². The van der Waals surface area contributed by atoms with Crippen LogP contribution in [-0.2, 0) is 0 Å². The van der Waals surface area contributed by atoms with Gasteiger partial charge in [-0.25, -0.2) is 0 Å². The van der Waals surface area contributed by atoms with E-state index in [2.05, 4.69) is 14.8 Å². The summed E-state index contributed by atoms with van der Waals surface area (Å²) in [5.74, 6) is 0.543. The Morgan fingerprint density at radius 3 is 2.83 bits per heavy atom. The maximum Gasteiger partial charge on any atom is 0.191 e. The van der Waals surface area contributed by atoms with Gasteiger partial charge in [0.15, 0.2) is 10.9 Å². The number of hydrogen-bond acceptors (Lipinski definition) is 4. The molecule has 1 aromatic heterocycles. The van der Waals surface area contributed by atoms with Crippen LogP contribution < -0.4 is 0 Å². The highest BCUT2D eigenvalue weighted by Crippen LogP contribution is 2.37. The Balaban J connectivity index is 1.64. The standard InChI is InChI=1S/C13H13N3OS/c17-12(10-4-2-1-3-5-10)8-18-13-15-14-9-16(13)11-6-7-11/h1-5,9,11H,6-8H2. The molecule has 0 radical (unpaired) electrons. The van der Waals surface area contributed by atoms with Gasteiger partial charge < -0.3 is 4.57 Å². The minimum atomic E-state index is 0.131. The number of hydrogen-bond donors (Lipinski definition) is 0. The summed E-state index contributed by atoms with van der Waals surface area (Å²) >= 11 is 1.46. The molecule has 18 heavy (non-hydrogen) atoms. The van der Waals surface area contributed by atoms with Crippen LogP contribution in [0.5, 0.6) is 0 Å². The minimum absolute atomic E-state index is 0.131. The smallest absolute Gasteiger partial charge is 0.191 e. The molecule has 1 aliphatic rings. The van der Waals surface area contributed by atoms with E-state index < -0.39 is 0 Å². The van der Waals surface area contributed by atoms with Crippen molar-refractivity contribution in [3.05, 3.63) is 42.2 Å². The highest BCUT2D eigenvalue weighted by atomic mass is 32.2. The predicted molar refractivity (Wildman–Crippen MR) is 69.8 cm³/mol. The molecule has 1 fully saturated rings. The van der Waals surface area contributed by atoms with Gasteiger partial charge in [-0.3, -0.25) is 4.79 Å². The summed E-state index contributed by atoms with van der Waals surface area (Å²) in [7, 11) is 0. The van der Waals surface area contributed by atoms with Crippen LogP contribution in [-0.4, -0.2) is 26.3 Å². The monoisotopic (exact) mass is 259 g/mol. The Hall–Kier alpha value is -1.62. The summed E-state index contributed by atoms with van der Waals surface area (Å²) in [5.41, 5.74) is 0.752. The third-order valence-electron chi connectivity index (χ3n) is 2.91. The minimum Gasteiger partial charge on any atom is -0.306 e. The van der Waals surface area contributed by atoms with Crippen molar-refractivity contribution in [1.29, 1.82) is 0 Å². The van der Waals surface area contributed by atoms with Crippen LogP contribution in [0.2, 0.25) is 0 Å². The molecule has 3 rings (SSSR count). The van der Waals surface area contributed by atoms with E-state index >= 15 is 0 Å². The zero-order chi connectivity index (χ0) is 12.4. The molecule has 2 aromatic rings. The van der Waals surface area contributed by atoms with Gasteiger partial charge in [-0.15, -0.1) is 10.2 Å². The third kappa shape index (κ3) is 2.46. The molecule has 4 nitrogen and oxygen atoms in total. The lowest BCUT2D eigenvalue weighted by atomic mass is 10.2. The van der Waals surface area contributed by atoms with Crippen LogP contribution in [0.3, 0.4) is 0 Å². The Kier molecular flexibility index (Phi) is 3.15. The van der Waals surface area contributed by atoms with Gasteiger partial charge in [-0.2, -0.15) is 0 Å². The number of carbonyl (C=O) groups is 1. The molecule has 0 bridgehead atoms. The Labute approximate surface area is 109 Å². The number of Topliss-reactive ketones (excluding diaryl/α,β-unsaturated/α-hetero) is 1. The number of thioether (sulfide) groups is 1. The second-order valence-electron chi connectivity index (χ2n) is 4.33. The molecule has 1 heterocycles. The van der Waals surface area contributed by atoms with Gasteiger partial charge >= 0.3 is 0 Å². The number of rotatable bonds is 5. The molecule has 0 spiro atoms. The molecule has 0 saturated heterocycles. The van der Waals surface area contributed by atoms with Crippen molar-refractivity contribution < 1.29 is 4.79 Å². The summed E-state index contributed by atoms with van der Waals surface area (Å²) < 4.78 is 2.07. The average molecular weight is 259 g/mol. The molecule has 0 unspecified atom stereocenters. The van der Waals surface area contributed by atoms with E-state index in [1.165, 1.54) is 24.6 Å². The number of benzene rings is 1. The molecule has 0 N–H and O–H groups in total. The van der Waals surface area contributed by atoms with Crippen molar-refractivity contribution in [2.24, 2.45) is 0 Å². The Morgan fingerprint density at radius 1 is 1.33 bits per heavy atom. The van der Waals surface area contributed by atoms with E-state index in [9.17, 15) is 4.79 Å². The van der Waals surface area contributed by atoms with E-state index in [1.807, 2.05) is 30.3 Å². The quantitative estimate of drug-likeness (QED) is 0.611. The number of aromatic nitrogens is 3. The van der Waals surface area contributed by atoms with Crippen LogP contribution in [0.25, 0.3) is 0 Å². The zero-order valence-corrected chi connectivity index (χ0v) is 10.6. The van der Waals surface area contributed by atoms with E-state index in [0.29, 0.717) is 11.8 Å². The summed E-state index contributed by atoms with van der Waals surface area (Å²) in [4.78, 5) is 12.0. The summed E-state index contributed by atoms with van der Waals surface area (Å²) in [6.07, 6.45) is 4.14. The number of carbonyl (C=O) groups excluding carboxylic acids is 1. The van der Waals surface area contributed by atoms with Crippen LogP contribution in [0.15, 0.2) is 41.8 Å². The fourth-order valence-corrected chi connectivity index (χ4v) is 2.65. The van der Waals surface area contributed by atoms with Crippen LogP contribution in [0.4, 0.5) is 0 Å². The first-order chi connectivity index (χ1) is 8.84. The van der Waals surface area contributed by atoms with Crippen molar-refractivity contribution in [1.82, 2.24) is 14.8 Å². The SMILES string of the molecule is O=C(CSc1nncn1C1CC1)c1ccccc1. The fourth-order valence-electron chi connectivity index (χ4n) is 1.78. The van der Waals surface area contributed by atoms with Crippen LogP contribution in [0, 0.1) is 0 Å². The Morgan fingerprint density at radius 2 is 2.11 bits per heavy atom. The highest BCUT2D eigenvalue weighted by molar-refractivity contribution is 7.99. The first kappa shape index (κ1) is 11.5. The lowest BCUT2D eigenvalue weighted by Gasteiger charge is -2.03. The number of ketones is 1. The molecule has 5 heteroatoms. The second-order valence-corrected chi connectivity index (χ2v) is 5.27. The molecule has 92 valence electrons. The maximum atomic E-state index is 12.0. The van der Waals surface area contributed by atoms with Gasteiger partial charge in [0, 0.05) is 11.6 Å².